The molecule has 5 aromatic rings. The molecule has 2 amide bonds. The Morgan fingerprint density at radius 2 is 1.85 bits per heavy atom. The lowest BCUT2D eigenvalue weighted by atomic mass is 10.1. The van der Waals surface area contributed by atoms with Gasteiger partial charge in [0.05, 0.1) is 23.2 Å². The number of amides is 2. The molecule has 5 rings (SSSR count). The summed E-state index contributed by atoms with van der Waals surface area (Å²) in [6.45, 7) is 1.92. The van der Waals surface area contributed by atoms with E-state index >= 15 is 0 Å². The molecular formula is C28H22F3N5O2S. The molecule has 1 heterocycles. The molecule has 0 saturated carbocycles. The van der Waals surface area contributed by atoms with Gasteiger partial charge in [-0.15, -0.1) is 13.2 Å². The molecule has 0 aliphatic carbocycles. The molecule has 0 bridgehead atoms. The maximum atomic E-state index is 12.5. The van der Waals surface area contributed by atoms with Crippen LogP contribution in [0.25, 0.3) is 27.5 Å². The number of halogens is 3. The molecule has 0 spiro atoms. The number of ether oxygens (including phenoxy) is 1. The van der Waals surface area contributed by atoms with Crippen LogP contribution in [0, 0.1) is 6.92 Å². The SMILES string of the molecule is Cc1ccccc1NC(=O)N(C)SN=Cc1ccc2c(ccc3c2ncn3-c2ccc(OC(F)(F)F)cc2)c1. The van der Waals surface area contributed by atoms with Crippen molar-refractivity contribution in [1.82, 2.24) is 13.9 Å². The monoisotopic (exact) mass is 549 g/mol. The average molecular weight is 550 g/mol. The quantitative estimate of drug-likeness (QED) is 0.176. The van der Waals surface area contributed by atoms with Gasteiger partial charge >= 0.3 is 12.4 Å². The smallest absolute Gasteiger partial charge is 0.406 e. The number of carbonyl (C=O) groups excluding carboxylic acids is 1. The fourth-order valence-corrected chi connectivity index (χ4v) is 4.45. The first-order chi connectivity index (χ1) is 18.7. The van der Waals surface area contributed by atoms with Gasteiger partial charge in [-0.1, -0.05) is 36.4 Å². The molecule has 0 atom stereocenters. The fourth-order valence-electron chi connectivity index (χ4n) is 4.02. The summed E-state index contributed by atoms with van der Waals surface area (Å²) in [7, 11) is 1.64. The molecule has 0 saturated heterocycles. The Morgan fingerprint density at radius 1 is 1.08 bits per heavy atom. The average Bonchev–Trinajstić information content (AvgIpc) is 3.34. The maximum absolute atomic E-state index is 12.5. The maximum Gasteiger partial charge on any atom is 0.573 e. The molecule has 4 aromatic carbocycles. The molecule has 0 radical (unpaired) electrons. The number of alkyl halides is 3. The molecule has 11 heteroatoms. The molecule has 1 aromatic heterocycles. The molecule has 1 N–H and O–H groups in total. The van der Waals surface area contributed by atoms with Crippen LogP contribution in [0.15, 0.2) is 89.6 Å². The highest BCUT2D eigenvalue weighted by Gasteiger charge is 2.31. The second-order valence-electron chi connectivity index (χ2n) is 8.63. The molecule has 0 aliphatic rings. The van der Waals surface area contributed by atoms with Gasteiger partial charge in [-0.25, -0.2) is 14.2 Å². The van der Waals surface area contributed by atoms with Crippen molar-refractivity contribution in [3.8, 4) is 11.4 Å². The number of hydrogen-bond acceptors (Lipinski definition) is 5. The Kier molecular flexibility index (Phi) is 7.16. The van der Waals surface area contributed by atoms with E-state index in [0.717, 1.165) is 50.8 Å². The highest BCUT2D eigenvalue weighted by molar-refractivity contribution is 7.96. The van der Waals surface area contributed by atoms with Crippen molar-refractivity contribution in [2.24, 2.45) is 4.40 Å². The van der Waals surface area contributed by atoms with Gasteiger partial charge in [-0.05, 0) is 65.9 Å². The molecule has 0 fully saturated rings. The minimum absolute atomic E-state index is 0.286. The zero-order valence-electron chi connectivity index (χ0n) is 20.8. The summed E-state index contributed by atoms with van der Waals surface area (Å²) in [5, 5.41) is 4.72. The molecule has 7 nitrogen and oxygen atoms in total. The Labute approximate surface area is 226 Å². The summed E-state index contributed by atoms with van der Waals surface area (Å²) in [6, 6.07) is 22.5. The van der Waals surface area contributed by atoms with Crippen LogP contribution in [0.4, 0.5) is 23.7 Å². The standard InChI is InChI=1S/C28H22F3N5O2S/c1-18-5-3-4-6-24(18)34-27(37)35(2)39-33-16-19-7-13-23-20(15-19)8-14-25-26(23)32-17-36(25)21-9-11-22(12-10-21)38-28(29,30)31/h3-17H,1-2H3,(H,34,37). The predicted molar refractivity (Wildman–Crippen MR) is 148 cm³/mol. The topological polar surface area (TPSA) is 71.8 Å². The van der Waals surface area contributed by atoms with E-state index in [1.54, 1.807) is 36.3 Å². The number of urea groups is 1. The van der Waals surface area contributed by atoms with Crippen molar-refractivity contribution in [3.05, 3.63) is 96.3 Å². The van der Waals surface area contributed by atoms with Crippen LogP contribution in [0.5, 0.6) is 5.75 Å². The first-order valence-electron chi connectivity index (χ1n) is 11.7. The number of nitrogens with one attached hydrogen (secondary N) is 1. The highest BCUT2D eigenvalue weighted by atomic mass is 32.2. The number of hydrogen-bond donors (Lipinski definition) is 1. The van der Waals surface area contributed by atoms with E-state index in [4.69, 9.17) is 0 Å². The number of aryl methyl sites for hydroxylation is 1. The number of rotatable bonds is 6. The van der Waals surface area contributed by atoms with E-state index in [0.29, 0.717) is 5.69 Å². The first kappa shape index (κ1) is 26.1. The normalized spacial score (nSPS) is 11.8. The van der Waals surface area contributed by atoms with E-state index in [1.165, 1.54) is 16.4 Å². The van der Waals surface area contributed by atoms with Crippen LogP contribution >= 0.6 is 12.1 Å². The summed E-state index contributed by atoms with van der Waals surface area (Å²) in [4.78, 5) is 17.0. The second-order valence-corrected chi connectivity index (χ2v) is 9.55. The lowest BCUT2D eigenvalue weighted by Crippen LogP contribution is -2.25. The number of anilines is 1. The summed E-state index contributed by atoms with van der Waals surface area (Å²) >= 11 is 1.02. The minimum atomic E-state index is -4.74. The number of imidazole rings is 1. The van der Waals surface area contributed by atoms with Gasteiger partial charge in [0, 0.05) is 30.0 Å². The molecule has 0 unspecified atom stereocenters. The van der Waals surface area contributed by atoms with Crippen molar-refractivity contribution in [2.45, 2.75) is 13.3 Å². The van der Waals surface area contributed by atoms with Gasteiger partial charge in [-0.2, -0.15) is 0 Å². The van der Waals surface area contributed by atoms with Crippen molar-refractivity contribution >= 4 is 51.9 Å². The van der Waals surface area contributed by atoms with Crippen LogP contribution in [-0.2, 0) is 0 Å². The number of nitrogens with zero attached hydrogens (tertiary/aromatic N) is 4. The number of aromatic nitrogens is 2. The van der Waals surface area contributed by atoms with Gasteiger partial charge in [0.1, 0.15) is 12.1 Å². The van der Waals surface area contributed by atoms with Crippen LogP contribution in [0.3, 0.4) is 0 Å². The van der Waals surface area contributed by atoms with Crippen LogP contribution in [-0.4, -0.2) is 39.5 Å². The Hall–Kier alpha value is -4.51. The van der Waals surface area contributed by atoms with Crippen molar-refractivity contribution in [1.29, 1.82) is 0 Å². The van der Waals surface area contributed by atoms with Gasteiger partial charge in [0.25, 0.3) is 0 Å². The number of fused-ring (bicyclic) bond motifs is 3. The Bertz CT molecular complexity index is 1680. The molecule has 39 heavy (non-hydrogen) atoms. The summed E-state index contributed by atoms with van der Waals surface area (Å²) < 4.78 is 48.9. The van der Waals surface area contributed by atoms with Gasteiger partial charge in [-0.3, -0.25) is 8.87 Å². The highest BCUT2D eigenvalue weighted by Crippen LogP contribution is 2.29. The zero-order chi connectivity index (χ0) is 27.6. The van der Waals surface area contributed by atoms with Crippen molar-refractivity contribution in [2.75, 3.05) is 12.4 Å². The number of benzene rings is 4. The van der Waals surface area contributed by atoms with Gasteiger partial charge in [0.2, 0.25) is 0 Å². The summed E-state index contributed by atoms with van der Waals surface area (Å²) in [6.07, 6.45) is -1.43. The zero-order valence-corrected chi connectivity index (χ0v) is 21.6. The third-order valence-electron chi connectivity index (χ3n) is 5.95. The van der Waals surface area contributed by atoms with Crippen LogP contribution in [0.2, 0.25) is 0 Å². The Morgan fingerprint density at radius 3 is 2.59 bits per heavy atom. The first-order valence-corrected chi connectivity index (χ1v) is 12.5. The third kappa shape index (κ3) is 5.99. The number of para-hydroxylation sites is 1. The molecule has 198 valence electrons. The molecule has 0 aliphatic heterocycles. The van der Waals surface area contributed by atoms with E-state index in [-0.39, 0.29) is 11.8 Å². The largest absolute Gasteiger partial charge is 0.573 e. The minimum Gasteiger partial charge on any atom is -0.406 e. The van der Waals surface area contributed by atoms with Crippen LogP contribution < -0.4 is 10.1 Å². The summed E-state index contributed by atoms with van der Waals surface area (Å²) in [5.74, 6) is -0.286. The number of carbonyl (C=O) groups is 1. The van der Waals surface area contributed by atoms with Crippen molar-refractivity contribution < 1.29 is 22.7 Å². The van der Waals surface area contributed by atoms with E-state index in [2.05, 4.69) is 19.4 Å². The Balaban J connectivity index is 1.29. The predicted octanol–water partition coefficient (Wildman–Crippen LogP) is 7.53. The van der Waals surface area contributed by atoms with Crippen LogP contribution in [0.1, 0.15) is 11.1 Å². The second kappa shape index (κ2) is 10.7. The lowest BCUT2D eigenvalue weighted by molar-refractivity contribution is -0.274. The molecular weight excluding hydrogens is 527 g/mol. The third-order valence-corrected chi connectivity index (χ3v) is 6.56. The fraction of sp³-hybridized carbons (Fsp3) is 0.107. The van der Waals surface area contributed by atoms with Crippen molar-refractivity contribution in [3.63, 3.8) is 0 Å². The van der Waals surface area contributed by atoms with Gasteiger partial charge < -0.3 is 10.1 Å². The summed E-state index contributed by atoms with van der Waals surface area (Å²) in [5.41, 5.74) is 4.79. The lowest BCUT2D eigenvalue weighted by Gasteiger charge is -2.14. The van der Waals surface area contributed by atoms with E-state index < -0.39 is 6.36 Å². The van der Waals surface area contributed by atoms with Gasteiger partial charge in [0.15, 0.2) is 0 Å². The van der Waals surface area contributed by atoms with E-state index in [1.807, 2.05) is 61.5 Å². The van der Waals surface area contributed by atoms with E-state index in [9.17, 15) is 18.0 Å².